The molecule has 0 unspecified atom stereocenters. The minimum atomic E-state index is -1.21. The first kappa shape index (κ1) is 49.5. The Labute approximate surface area is 565 Å². The zero-order valence-corrected chi connectivity index (χ0v) is 55.5. The van der Waals surface area contributed by atoms with E-state index in [4.69, 9.17) is 4.74 Å². The molecule has 4 nitrogen and oxygen atoms in total. The summed E-state index contributed by atoms with van der Waals surface area (Å²) in [6, 6.07) is 71.6. The lowest BCUT2D eigenvalue weighted by atomic mass is 9.29. The molecule has 0 fully saturated rings. The molecule has 94 heavy (non-hydrogen) atoms. The Balaban J connectivity index is 1.10. The van der Waals surface area contributed by atoms with E-state index in [9.17, 15) is 11.0 Å². The Morgan fingerprint density at radius 1 is 0.351 bits per heavy atom. The second kappa shape index (κ2) is 20.5. The van der Waals surface area contributed by atoms with Crippen LogP contribution in [0, 0.1) is 0 Å². The van der Waals surface area contributed by atoms with Gasteiger partial charge in [0.25, 0.3) is 0 Å². The number of aromatic nitrogens is 2. The molecule has 0 saturated carbocycles. The molecule has 0 N–H and O–H groups in total. The first-order valence-corrected chi connectivity index (χ1v) is 33.0. The van der Waals surface area contributed by atoms with Gasteiger partial charge in [-0.1, -0.05) is 258 Å². The van der Waals surface area contributed by atoms with Gasteiger partial charge in [0.1, 0.15) is 11.5 Å². The first-order chi connectivity index (χ1) is 48.5. The van der Waals surface area contributed by atoms with Crippen LogP contribution in [0.3, 0.4) is 0 Å². The highest BCUT2D eigenvalue weighted by Gasteiger charge is 2.55. The molecule has 12 aromatic carbocycles. The zero-order valence-electron chi connectivity index (χ0n) is 63.5. The van der Waals surface area contributed by atoms with Crippen molar-refractivity contribution in [2.75, 3.05) is 4.90 Å². The van der Waals surface area contributed by atoms with Gasteiger partial charge in [-0.05, 0) is 168 Å². The van der Waals surface area contributed by atoms with Crippen LogP contribution in [0.2, 0.25) is 0 Å². The van der Waals surface area contributed by atoms with E-state index in [0.29, 0.717) is 17.2 Å². The van der Waals surface area contributed by atoms with Crippen LogP contribution in [0.1, 0.15) is 139 Å². The van der Waals surface area contributed by atoms with E-state index in [2.05, 4.69) is 268 Å². The van der Waals surface area contributed by atoms with Crippen molar-refractivity contribution in [3.8, 4) is 45.1 Å². The van der Waals surface area contributed by atoms with Crippen molar-refractivity contribution in [3.05, 3.63) is 299 Å². The summed E-state index contributed by atoms with van der Waals surface area (Å²) in [6.45, 7) is 26.6. The second-order valence-electron chi connectivity index (χ2n) is 30.3. The molecule has 0 bridgehead atoms. The highest BCUT2D eigenvalue weighted by molar-refractivity contribution is 6.99. The van der Waals surface area contributed by atoms with Crippen LogP contribution in [0.15, 0.2) is 255 Å². The highest BCUT2D eigenvalue weighted by atomic mass is 16.5. The molecular weight excluding hydrogens is 1140 g/mol. The van der Waals surface area contributed by atoms with Gasteiger partial charge in [0, 0.05) is 61.0 Å². The minimum Gasteiger partial charge on any atom is -0.457 e. The number of nitrogens with zero attached hydrogens (tertiary/aromatic N) is 3. The van der Waals surface area contributed by atoms with E-state index < -0.39 is 48.4 Å². The van der Waals surface area contributed by atoms with Gasteiger partial charge in [-0.25, -0.2) is 0 Å². The molecule has 5 heterocycles. The van der Waals surface area contributed by atoms with E-state index in [0.717, 1.165) is 111 Å². The van der Waals surface area contributed by atoms with Crippen molar-refractivity contribution >= 4 is 83.8 Å². The van der Waals surface area contributed by atoms with Crippen LogP contribution in [0.4, 0.5) is 17.1 Å². The Bertz CT molecular complexity index is 5780. The second-order valence-corrected chi connectivity index (χ2v) is 30.3. The zero-order chi connectivity index (χ0) is 71.5. The summed E-state index contributed by atoms with van der Waals surface area (Å²) in [4.78, 5) is 2.43. The fourth-order valence-corrected chi connectivity index (χ4v) is 15.7. The van der Waals surface area contributed by atoms with Crippen LogP contribution >= 0.6 is 0 Å². The summed E-state index contributed by atoms with van der Waals surface area (Å²) in [5.74, 6) is 1.33. The normalized spacial score (nSPS) is 15.3. The number of hydrogen-bond acceptors (Lipinski definition) is 2. The topological polar surface area (TPSA) is 22.3 Å². The molecule has 0 saturated heterocycles. The van der Waals surface area contributed by atoms with Gasteiger partial charge >= 0.3 is 0 Å². The largest absolute Gasteiger partial charge is 0.457 e. The van der Waals surface area contributed by atoms with E-state index >= 15 is 0 Å². The molecule has 5 heteroatoms. The maximum absolute atomic E-state index is 10.1. The van der Waals surface area contributed by atoms with Crippen LogP contribution < -0.4 is 26.0 Å². The predicted molar refractivity (Wildman–Crippen MR) is 399 cm³/mol. The van der Waals surface area contributed by atoms with E-state index in [1.807, 2.05) is 30.3 Å². The molecule has 0 atom stereocenters. The summed E-state index contributed by atoms with van der Waals surface area (Å²) >= 11 is 0. The van der Waals surface area contributed by atoms with Gasteiger partial charge in [0.15, 0.2) is 0 Å². The van der Waals surface area contributed by atoms with E-state index in [-0.39, 0.29) is 55.6 Å². The standard InChI is InChI=1S/C89H78BN3O/c1-85(2,3)58-28-24-27-56(47-58)57-37-42-73-71(48-57)89(69-31-18-22-35-82(69)94-83-36-23-19-32-70(83)89)72-52-63(92-75-33-20-16-29-64(75)65-30-17-21-34-76(65)92)54-81-84(72)90(73)74-43-41-62(53-80(74)93(81)77-44-38-59(86(4,5)6)49-66(77)55-25-14-13-15-26-55)91-78-45-39-60(87(7,8)9)50-67(78)68-51-61(88(10,11)12)40-46-79(68)91/h13-54H,1-12H3/i16D,17D,20D,21D,29D,30D,33D,34D. The predicted octanol–water partition coefficient (Wildman–Crippen LogP) is 21.5. The Kier molecular flexibility index (Phi) is 10.8. The fourth-order valence-electron chi connectivity index (χ4n) is 15.7. The quantitative estimate of drug-likeness (QED) is 0.160. The molecule has 17 rings (SSSR count). The van der Waals surface area contributed by atoms with Crippen molar-refractivity contribution in [1.82, 2.24) is 9.13 Å². The number of rotatable bonds is 5. The Morgan fingerprint density at radius 3 is 1.48 bits per heavy atom. The summed E-state index contributed by atoms with van der Waals surface area (Å²) in [7, 11) is 0. The molecule has 0 radical (unpaired) electrons. The molecular formula is C89H78BN3O. The van der Waals surface area contributed by atoms with Gasteiger partial charge in [-0.15, -0.1) is 0 Å². The number of fused-ring (bicyclic) bond motifs is 16. The number of ether oxygens (including phenoxy) is 1. The third-order valence-electron chi connectivity index (χ3n) is 20.5. The lowest BCUT2D eigenvalue weighted by molar-refractivity contribution is 0.435. The third-order valence-corrected chi connectivity index (χ3v) is 20.5. The average molecular weight is 1220 g/mol. The summed E-state index contributed by atoms with van der Waals surface area (Å²) < 4.78 is 88.2. The van der Waals surface area contributed by atoms with Crippen molar-refractivity contribution in [2.45, 2.75) is 110 Å². The summed E-state index contributed by atoms with van der Waals surface area (Å²) in [5, 5.41) is 2.33. The van der Waals surface area contributed by atoms with Gasteiger partial charge < -0.3 is 18.8 Å². The van der Waals surface area contributed by atoms with Crippen LogP contribution in [-0.2, 0) is 27.1 Å². The lowest BCUT2D eigenvalue weighted by Crippen LogP contribution is -2.65. The van der Waals surface area contributed by atoms with Crippen LogP contribution in [-0.4, -0.2) is 15.8 Å². The molecule has 0 aliphatic carbocycles. The van der Waals surface area contributed by atoms with Crippen molar-refractivity contribution in [2.24, 2.45) is 0 Å². The molecule has 458 valence electrons. The molecule has 1 spiro atoms. The third kappa shape index (κ3) is 8.65. The maximum Gasteiger partial charge on any atom is 0.247 e. The minimum absolute atomic E-state index is 0.00239. The lowest BCUT2D eigenvalue weighted by Gasteiger charge is -2.50. The number of hydrogen-bond donors (Lipinski definition) is 0. The number of benzene rings is 12. The Morgan fingerprint density at radius 2 is 0.862 bits per heavy atom. The summed E-state index contributed by atoms with van der Waals surface area (Å²) in [6.07, 6.45) is 0. The van der Waals surface area contributed by atoms with Crippen molar-refractivity contribution < 1.29 is 15.7 Å². The Hall–Kier alpha value is -10.1. The number of anilines is 3. The van der Waals surface area contributed by atoms with Crippen LogP contribution in [0.5, 0.6) is 11.5 Å². The van der Waals surface area contributed by atoms with E-state index in [1.54, 1.807) is 4.57 Å². The van der Waals surface area contributed by atoms with Gasteiger partial charge in [-0.3, -0.25) is 0 Å². The SMILES string of the molecule is [2H]c1c([2H])c([2H])c2c(c1[2H])c1c([2H])c([2H])c([2H])c([2H])c1n2-c1cc2c3c(c1)C1(c4ccccc4Oc4ccccc41)c1cc(-c4cccc(C(C)(C)C)c4)ccc1B3c1ccc(-n3c4ccc(C(C)(C)C)cc4c4cc(C(C)(C)C)ccc43)cc1N2c1ccc(C(C)(C)C)cc1-c1ccccc1. The van der Waals surface area contributed by atoms with E-state index in [1.165, 1.54) is 16.7 Å². The monoisotopic (exact) mass is 1220 g/mol. The molecule has 0 amide bonds. The molecule has 3 aliphatic heterocycles. The van der Waals surface area contributed by atoms with Gasteiger partial charge in [0.05, 0.1) is 44.1 Å². The maximum atomic E-state index is 10.1. The molecule has 2 aromatic heterocycles. The highest BCUT2D eigenvalue weighted by Crippen LogP contribution is 2.59. The van der Waals surface area contributed by atoms with Crippen molar-refractivity contribution in [3.63, 3.8) is 0 Å². The smallest absolute Gasteiger partial charge is 0.247 e. The number of para-hydroxylation sites is 4. The van der Waals surface area contributed by atoms with Gasteiger partial charge in [-0.2, -0.15) is 0 Å². The fraction of sp³-hybridized carbons (Fsp3) is 0.191. The van der Waals surface area contributed by atoms with Gasteiger partial charge in [0.2, 0.25) is 6.71 Å². The molecule has 14 aromatic rings. The van der Waals surface area contributed by atoms with Crippen LogP contribution in [0.25, 0.3) is 77.2 Å². The van der Waals surface area contributed by atoms with Crippen molar-refractivity contribution in [1.29, 1.82) is 0 Å². The first-order valence-electron chi connectivity index (χ1n) is 37.0. The average Bonchev–Trinajstić information content (AvgIpc) is 0.695. The summed E-state index contributed by atoms with van der Waals surface area (Å²) in [5.41, 5.74) is 19.9. The molecule has 3 aliphatic rings.